The average molecular weight is 429 g/mol. The smallest absolute Gasteiger partial charge is 0.277 e. The van der Waals surface area contributed by atoms with Crippen molar-refractivity contribution in [2.24, 2.45) is 5.10 Å². The van der Waals surface area contributed by atoms with E-state index in [1.807, 2.05) is 48.5 Å². The van der Waals surface area contributed by atoms with Crippen LogP contribution >= 0.6 is 23.2 Å². The Bertz CT molecular complexity index is 991. The number of hydrogen-bond donors (Lipinski definition) is 1. The van der Waals surface area contributed by atoms with Crippen LogP contribution < -0.4 is 14.9 Å². The molecule has 0 unspecified atom stereocenters. The molecule has 0 aliphatic heterocycles. The molecule has 0 saturated carbocycles. The number of amides is 1. The molecule has 1 amide bonds. The van der Waals surface area contributed by atoms with Crippen molar-refractivity contribution >= 4 is 35.3 Å². The van der Waals surface area contributed by atoms with Crippen LogP contribution in [0.15, 0.2) is 77.9 Å². The highest BCUT2D eigenvalue weighted by Crippen LogP contribution is 2.17. The van der Waals surface area contributed by atoms with Gasteiger partial charge in [-0.05, 0) is 53.6 Å². The number of nitrogens with zero attached hydrogens (tertiary/aromatic N) is 1. The highest BCUT2D eigenvalue weighted by molar-refractivity contribution is 6.30. The summed E-state index contributed by atoms with van der Waals surface area (Å²) in [5.41, 5.74) is 4.22. The molecule has 0 saturated heterocycles. The first kappa shape index (κ1) is 20.7. The minimum atomic E-state index is -0.378. The molecule has 3 rings (SSSR count). The van der Waals surface area contributed by atoms with Crippen LogP contribution in [0.2, 0.25) is 10.0 Å². The Labute approximate surface area is 178 Å². The molecule has 0 aliphatic carbocycles. The van der Waals surface area contributed by atoms with Crippen LogP contribution in [0.4, 0.5) is 0 Å². The predicted octanol–water partition coefficient (Wildman–Crippen LogP) is 5.10. The number of carbonyl (C=O) groups excluding carboxylic acids is 1. The Kier molecular flexibility index (Phi) is 7.50. The standard InChI is InChI=1S/C22H18Cl2N2O3/c23-18-9-7-16(8-10-18)14-28-20-5-1-3-17(11-20)13-25-26-22(27)15-29-21-6-2-4-19(24)12-21/h1-13H,14-15H2,(H,26,27)/b25-13-. The van der Waals surface area contributed by atoms with Crippen LogP contribution in [0.1, 0.15) is 11.1 Å². The Balaban J connectivity index is 1.46. The molecule has 1 N–H and O–H groups in total. The van der Waals surface area contributed by atoms with Gasteiger partial charge in [0.15, 0.2) is 6.61 Å². The highest BCUT2D eigenvalue weighted by atomic mass is 35.5. The molecule has 3 aromatic rings. The number of ether oxygens (including phenoxy) is 2. The van der Waals surface area contributed by atoms with Crippen molar-refractivity contribution in [1.29, 1.82) is 0 Å². The van der Waals surface area contributed by atoms with Crippen LogP contribution in [-0.2, 0) is 11.4 Å². The summed E-state index contributed by atoms with van der Waals surface area (Å²) in [5, 5.41) is 5.17. The molecule has 0 heterocycles. The Morgan fingerprint density at radius 3 is 2.38 bits per heavy atom. The Hall–Kier alpha value is -3.02. The van der Waals surface area contributed by atoms with Crippen molar-refractivity contribution < 1.29 is 14.3 Å². The van der Waals surface area contributed by atoms with E-state index >= 15 is 0 Å². The van der Waals surface area contributed by atoms with E-state index in [4.69, 9.17) is 32.7 Å². The maximum Gasteiger partial charge on any atom is 0.277 e. The number of halogens is 2. The second-order valence-corrected chi connectivity index (χ2v) is 6.90. The maximum absolute atomic E-state index is 11.8. The molecule has 148 valence electrons. The van der Waals surface area contributed by atoms with Gasteiger partial charge in [-0.2, -0.15) is 5.10 Å². The van der Waals surface area contributed by atoms with Crippen LogP contribution in [0.5, 0.6) is 11.5 Å². The van der Waals surface area contributed by atoms with Crippen LogP contribution in [0, 0.1) is 0 Å². The zero-order chi connectivity index (χ0) is 20.5. The third-order valence-electron chi connectivity index (χ3n) is 3.75. The Morgan fingerprint density at radius 1 is 0.897 bits per heavy atom. The second-order valence-electron chi connectivity index (χ2n) is 6.03. The summed E-state index contributed by atoms with van der Waals surface area (Å²) in [4.78, 5) is 11.8. The molecule has 0 atom stereocenters. The fourth-order valence-corrected chi connectivity index (χ4v) is 2.65. The van der Waals surface area contributed by atoms with E-state index in [-0.39, 0.29) is 12.5 Å². The van der Waals surface area contributed by atoms with Gasteiger partial charge < -0.3 is 9.47 Å². The van der Waals surface area contributed by atoms with Crippen molar-refractivity contribution in [3.05, 3.63) is 94.0 Å². The van der Waals surface area contributed by atoms with E-state index in [0.29, 0.717) is 28.2 Å². The molecule has 0 spiro atoms. The first-order chi connectivity index (χ1) is 14.1. The van der Waals surface area contributed by atoms with Gasteiger partial charge in [0.2, 0.25) is 0 Å². The van der Waals surface area contributed by atoms with Crippen LogP contribution in [-0.4, -0.2) is 18.7 Å². The van der Waals surface area contributed by atoms with Crippen molar-refractivity contribution in [1.82, 2.24) is 5.43 Å². The average Bonchev–Trinajstić information content (AvgIpc) is 2.72. The zero-order valence-electron chi connectivity index (χ0n) is 15.3. The number of hydrogen-bond acceptors (Lipinski definition) is 4. The molecule has 7 heteroatoms. The number of hydrazone groups is 1. The summed E-state index contributed by atoms with van der Waals surface area (Å²) >= 11 is 11.7. The third-order valence-corrected chi connectivity index (χ3v) is 4.23. The molecule has 0 radical (unpaired) electrons. The van der Waals surface area contributed by atoms with Gasteiger partial charge in [-0.1, -0.05) is 53.5 Å². The summed E-state index contributed by atoms with van der Waals surface area (Å²) in [6.45, 7) is 0.261. The number of nitrogens with one attached hydrogen (secondary N) is 1. The maximum atomic E-state index is 11.8. The zero-order valence-corrected chi connectivity index (χ0v) is 16.9. The highest BCUT2D eigenvalue weighted by Gasteiger charge is 2.02. The van der Waals surface area contributed by atoms with Gasteiger partial charge in [0.05, 0.1) is 6.21 Å². The fourth-order valence-electron chi connectivity index (χ4n) is 2.35. The van der Waals surface area contributed by atoms with Crippen molar-refractivity contribution in [2.75, 3.05) is 6.61 Å². The molecule has 3 aromatic carbocycles. The SMILES string of the molecule is O=C(COc1cccc(Cl)c1)N/N=C\c1cccc(OCc2ccc(Cl)cc2)c1. The Morgan fingerprint density at radius 2 is 1.62 bits per heavy atom. The number of benzene rings is 3. The van der Waals surface area contributed by atoms with Crippen molar-refractivity contribution in [3.63, 3.8) is 0 Å². The summed E-state index contributed by atoms with van der Waals surface area (Å²) in [5.74, 6) is 0.832. The predicted molar refractivity (Wildman–Crippen MR) is 115 cm³/mol. The van der Waals surface area contributed by atoms with Gasteiger partial charge in [-0.3, -0.25) is 4.79 Å². The quantitative estimate of drug-likeness (QED) is 0.400. The molecule has 29 heavy (non-hydrogen) atoms. The monoisotopic (exact) mass is 428 g/mol. The van der Waals surface area contributed by atoms with Crippen molar-refractivity contribution in [2.45, 2.75) is 6.61 Å². The lowest BCUT2D eigenvalue weighted by Crippen LogP contribution is -2.24. The van der Waals surface area contributed by atoms with Crippen LogP contribution in [0.3, 0.4) is 0 Å². The molecular formula is C22H18Cl2N2O3. The third kappa shape index (κ3) is 7.14. The molecule has 5 nitrogen and oxygen atoms in total. The lowest BCUT2D eigenvalue weighted by molar-refractivity contribution is -0.123. The van der Waals surface area contributed by atoms with Crippen LogP contribution in [0.25, 0.3) is 0 Å². The van der Waals surface area contributed by atoms with E-state index in [2.05, 4.69) is 10.5 Å². The summed E-state index contributed by atoms with van der Waals surface area (Å²) in [6.07, 6.45) is 1.53. The van der Waals surface area contributed by atoms with Crippen molar-refractivity contribution in [3.8, 4) is 11.5 Å². The minimum Gasteiger partial charge on any atom is -0.489 e. The molecular weight excluding hydrogens is 411 g/mol. The van der Waals surface area contributed by atoms with Gasteiger partial charge in [-0.15, -0.1) is 0 Å². The fraction of sp³-hybridized carbons (Fsp3) is 0.0909. The van der Waals surface area contributed by atoms with Gasteiger partial charge in [0.1, 0.15) is 18.1 Å². The van der Waals surface area contributed by atoms with E-state index in [9.17, 15) is 4.79 Å². The lowest BCUT2D eigenvalue weighted by atomic mass is 10.2. The first-order valence-electron chi connectivity index (χ1n) is 8.76. The lowest BCUT2D eigenvalue weighted by Gasteiger charge is -2.07. The second kappa shape index (κ2) is 10.5. The molecule has 0 aliphatic rings. The van der Waals surface area contributed by atoms with Gasteiger partial charge in [-0.25, -0.2) is 5.43 Å². The summed E-state index contributed by atoms with van der Waals surface area (Å²) in [6, 6.07) is 21.7. The molecule has 0 bridgehead atoms. The topological polar surface area (TPSA) is 59.9 Å². The van der Waals surface area contributed by atoms with E-state index in [0.717, 1.165) is 11.1 Å². The normalized spacial score (nSPS) is 10.7. The van der Waals surface area contributed by atoms with Gasteiger partial charge >= 0.3 is 0 Å². The van der Waals surface area contributed by atoms with Gasteiger partial charge in [0, 0.05) is 10.0 Å². The minimum absolute atomic E-state index is 0.165. The first-order valence-corrected chi connectivity index (χ1v) is 9.52. The number of rotatable bonds is 8. The molecule has 0 fully saturated rings. The van der Waals surface area contributed by atoms with E-state index < -0.39 is 0 Å². The van der Waals surface area contributed by atoms with E-state index in [1.54, 1.807) is 24.3 Å². The largest absolute Gasteiger partial charge is 0.489 e. The van der Waals surface area contributed by atoms with E-state index in [1.165, 1.54) is 6.21 Å². The molecule has 0 aromatic heterocycles. The summed E-state index contributed by atoms with van der Waals surface area (Å²) < 4.78 is 11.1. The van der Waals surface area contributed by atoms with Gasteiger partial charge in [0.25, 0.3) is 5.91 Å². The summed E-state index contributed by atoms with van der Waals surface area (Å²) in [7, 11) is 0. The number of carbonyl (C=O) groups is 1.